The second-order valence-electron chi connectivity index (χ2n) is 7.24. The van der Waals surface area contributed by atoms with Crippen molar-refractivity contribution in [3.63, 3.8) is 0 Å². The Morgan fingerprint density at radius 1 is 1.14 bits per heavy atom. The summed E-state index contributed by atoms with van der Waals surface area (Å²) >= 11 is 0. The molecule has 0 radical (unpaired) electrons. The number of halogens is 2. The molecule has 0 atom stereocenters. The van der Waals surface area contributed by atoms with E-state index in [2.05, 4.69) is 15.1 Å². The van der Waals surface area contributed by atoms with E-state index in [1.807, 2.05) is 19.9 Å². The third-order valence-corrected chi connectivity index (χ3v) is 5.17. The van der Waals surface area contributed by atoms with E-state index in [0.29, 0.717) is 37.5 Å². The summed E-state index contributed by atoms with van der Waals surface area (Å²) in [4.78, 5) is 23.2. The van der Waals surface area contributed by atoms with Crippen LogP contribution in [-0.2, 0) is 0 Å². The normalized spacial score (nSPS) is 15.0. The van der Waals surface area contributed by atoms with E-state index in [-0.39, 0.29) is 17.4 Å². The van der Waals surface area contributed by atoms with E-state index in [1.54, 1.807) is 11.1 Å². The number of nitrogens with zero attached hydrogens (tertiary/aromatic N) is 4. The van der Waals surface area contributed by atoms with Gasteiger partial charge in [-0.3, -0.25) is 4.79 Å². The number of amides is 1. The highest BCUT2D eigenvalue weighted by Gasteiger charge is 2.28. The molecule has 3 aromatic rings. The van der Waals surface area contributed by atoms with Crippen molar-refractivity contribution in [1.82, 2.24) is 20.0 Å². The maximum atomic E-state index is 13.5. The standard InChI is InChI=1S/C21H20F2N4O2/c1-12-9-19(29-26-12)16-11-24-13(2)25-20(16)14-5-7-27(8-6-14)21(28)15-3-4-17(22)18(23)10-15/h3-4,9-11,14H,5-8H2,1-2H3. The predicted octanol–water partition coefficient (Wildman–Crippen LogP) is 4.05. The van der Waals surface area contributed by atoms with Crippen LogP contribution < -0.4 is 0 Å². The summed E-state index contributed by atoms with van der Waals surface area (Å²) in [6.45, 7) is 4.69. The molecule has 29 heavy (non-hydrogen) atoms. The van der Waals surface area contributed by atoms with E-state index in [4.69, 9.17) is 4.52 Å². The van der Waals surface area contributed by atoms with Gasteiger partial charge in [0.2, 0.25) is 0 Å². The molecule has 1 amide bonds. The van der Waals surface area contributed by atoms with Gasteiger partial charge in [-0.15, -0.1) is 0 Å². The fraction of sp³-hybridized carbons (Fsp3) is 0.333. The minimum absolute atomic E-state index is 0.131. The molecule has 0 unspecified atom stereocenters. The Morgan fingerprint density at radius 3 is 2.55 bits per heavy atom. The Kier molecular flexibility index (Phi) is 5.08. The number of aromatic nitrogens is 3. The van der Waals surface area contributed by atoms with Gasteiger partial charge in [-0.25, -0.2) is 18.7 Å². The fourth-order valence-corrected chi connectivity index (χ4v) is 3.65. The second-order valence-corrected chi connectivity index (χ2v) is 7.24. The number of carbonyl (C=O) groups is 1. The topological polar surface area (TPSA) is 72.1 Å². The van der Waals surface area contributed by atoms with Gasteiger partial charge in [0.1, 0.15) is 5.82 Å². The molecule has 1 aromatic carbocycles. The number of carbonyl (C=O) groups excluding carboxylic acids is 1. The van der Waals surface area contributed by atoms with Crippen molar-refractivity contribution in [3.8, 4) is 11.3 Å². The lowest BCUT2D eigenvalue weighted by Gasteiger charge is -2.32. The van der Waals surface area contributed by atoms with Gasteiger partial charge in [0, 0.05) is 36.8 Å². The zero-order valence-corrected chi connectivity index (χ0v) is 16.2. The summed E-state index contributed by atoms with van der Waals surface area (Å²) in [7, 11) is 0. The molecule has 1 fully saturated rings. The summed E-state index contributed by atoms with van der Waals surface area (Å²) in [6.07, 6.45) is 3.15. The molecule has 8 heteroatoms. The van der Waals surface area contributed by atoms with Crippen LogP contribution in [0.4, 0.5) is 8.78 Å². The molecule has 4 rings (SSSR count). The minimum atomic E-state index is -1.02. The summed E-state index contributed by atoms with van der Waals surface area (Å²) in [5.74, 6) is -0.861. The SMILES string of the molecule is Cc1cc(-c2cnc(C)nc2C2CCN(C(=O)c3ccc(F)c(F)c3)CC2)on1. The summed E-state index contributed by atoms with van der Waals surface area (Å²) in [6, 6.07) is 5.08. The van der Waals surface area contributed by atoms with Crippen LogP contribution in [0.3, 0.4) is 0 Å². The highest BCUT2D eigenvalue weighted by Crippen LogP contribution is 2.34. The van der Waals surface area contributed by atoms with Gasteiger partial charge in [0.15, 0.2) is 17.4 Å². The Balaban J connectivity index is 1.52. The minimum Gasteiger partial charge on any atom is -0.356 e. The van der Waals surface area contributed by atoms with Crippen LogP contribution in [-0.4, -0.2) is 39.0 Å². The van der Waals surface area contributed by atoms with Crippen LogP contribution in [0.5, 0.6) is 0 Å². The van der Waals surface area contributed by atoms with Crippen molar-refractivity contribution in [3.05, 3.63) is 64.9 Å². The number of rotatable bonds is 3. The van der Waals surface area contributed by atoms with Gasteiger partial charge in [0.25, 0.3) is 5.91 Å². The lowest BCUT2D eigenvalue weighted by molar-refractivity contribution is 0.0711. The maximum absolute atomic E-state index is 13.5. The van der Waals surface area contributed by atoms with Crippen molar-refractivity contribution in [2.45, 2.75) is 32.6 Å². The highest BCUT2D eigenvalue weighted by atomic mass is 19.2. The van der Waals surface area contributed by atoms with Crippen molar-refractivity contribution in [2.75, 3.05) is 13.1 Å². The quantitative estimate of drug-likeness (QED) is 0.666. The molecule has 1 aliphatic heterocycles. The van der Waals surface area contributed by atoms with Crippen LogP contribution in [0.2, 0.25) is 0 Å². The molecule has 0 bridgehead atoms. The van der Waals surface area contributed by atoms with Crippen LogP contribution >= 0.6 is 0 Å². The van der Waals surface area contributed by atoms with Crippen molar-refractivity contribution in [1.29, 1.82) is 0 Å². The molecule has 0 saturated carbocycles. The van der Waals surface area contributed by atoms with E-state index >= 15 is 0 Å². The first kappa shape index (κ1) is 19.2. The molecule has 0 aliphatic carbocycles. The first-order chi connectivity index (χ1) is 13.9. The van der Waals surface area contributed by atoms with Crippen molar-refractivity contribution >= 4 is 5.91 Å². The molecule has 6 nitrogen and oxygen atoms in total. The molecule has 0 N–H and O–H groups in total. The number of hydrogen-bond donors (Lipinski definition) is 0. The second kappa shape index (κ2) is 7.69. The molecular formula is C21H20F2N4O2. The summed E-state index contributed by atoms with van der Waals surface area (Å²) in [5.41, 5.74) is 2.62. The number of piperidine rings is 1. The Labute approximate surface area is 166 Å². The van der Waals surface area contributed by atoms with Crippen LogP contribution in [0.15, 0.2) is 35.0 Å². The zero-order chi connectivity index (χ0) is 20.5. The third kappa shape index (κ3) is 3.87. The monoisotopic (exact) mass is 398 g/mol. The largest absolute Gasteiger partial charge is 0.356 e. The van der Waals surface area contributed by atoms with Crippen molar-refractivity contribution < 1.29 is 18.1 Å². The van der Waals surface area contributed by atoms with Crippen LogP contribution in [0, 0.1) is 25.5 Å². The highest BCUT2D eigenvalue weighted by molar-refractivity contribution is 5.94. The van der Waals surface area contributed by atoms with Crippen molar-refractivity contribution in [2.24, 2.45) is 0 Å². The van der Waals surface area contributed by atoms with Crippen LogP contribution in [0.25, 0.3) is 11.3 Å². The van der Waals surface area contributed by atoms with Gasteiger partial charge in [-0.2, -0.15) is 0 Å². The molecule has 3 heterocycles. The maximum Gasteiger partial charge on any atom is 0.253 e. The lowest BCUT2D eigenvalue weighted by Crippen LogP contribution is -2.38. The Morgan fingerprint density at radius 2 is 1.90 bits per heavy atom. The van der Waals surface area contributed by atoms with Gasteiger partial charge >= 0.3 is 0 Å². The fourth-order valence-electron chi connectivity index (χ4n) is 3.65. The average Bonchev–Trinajstić information content (AvgIpc) is 3.15. The lowest BCUT2D eigenvalue weighted by atomic mass is 9.90. The zero-order valence-electron chi connectivity index (χ0n) is 16.2. The van der Waals surface area contributed by atoms with Gasteiger partial charge in [-0.1, -0.05) is 5.16 Å². The molecule has 2 aromatic heterocycles. The summed E-state index contributed by atoms with van der Waals surface area (Å²) in [5, 5.41) is 3.94. The molecule has 0 spiro atoms. The molecule has 1 aliphatic rings. The smallest absolute Gasteiger partial charge is 0.253 e. The van der Waals surface area contributed by atoms with Gasteiger partial charge in [-0.05, 0) is 44.9 Å². The molecular weight excluding hydrogens is 378 g/mol. The Bertz CT molecular complexity index is 1060. The van der Waals surface area contributed by atoms with E-state index < -0.39 is 11.6 Å². The van der Waals surface area contributed by atoms with Gasteiger partial charge in [0.05, 0.1) is 17.0 Å². The number of hydrogen-bond acceptors (Lipinski definition) is 5. The van der Waals surface area contributed by atoms with E-state index in [1.165, 1.54) is 6.07 Å². The number of benzene rings is 1. The van der Waals surface area contributed by atoms with E-state index in [9.17, 15) is 13.6 Å². The Hall–Kier alpha value is -3.16. The average molecular weight is 398 g/mol. The number of aryl methyl sites for hydroxylation is 2. The first-order valence-electron chi connectivity index (χ1n) is 9.44. The van der Waals surface area contributed by atoms with Gasteiger partial charge < -0.3 is 9.42 Å². The summed E-state index contributed by atoms with van der Waals surface area (Å²) < 4.78 is 32.0. The molecule has 1 saturated heterocycles. The van der Waals surface area contributed by atoms with E-state index in [0.717, 1.165) is 29.1 Å². The number of likely N-dealkylation sites (tertiary alicyclic amines) is 1. The predicted molar refractivity (Wildman–Crippen MR) is 101 cm³/mol. The third-order valence-electron chi connectivity index (χ3n) is 5.17. The molecule has 150 valence electrons. The van der Waals surface area contributed by atoms with Crippen LogP contribution in [0.1, 0.15) is 46.3 Å². The first-order valence-corrected chi connectivity index (χ1v) is 9.44.